The summed E-state index contributed by atoms with van der Waals surface area (Å²) in [5, 5.41) is 8.30. The van der Waals surface area contributed by atoms with Gasteiger partial charge in [-0.05, 0) is 47.1 Å². The van der Waals surface area contributed by atoms with Crippen LogP contribution in [0.2, 0.25) is 0 Å². The van der Waals surface area contributed by atoms with E-state index in [4.69, 9.17) is 9.26 Å². The molecule has 4 heterocycles. The summed E-state index contributed by atoms with van der Waals surface area (Å²) >= 11 is 1.77. The fraction of sp³-hybridized carbons (Fsp3) is 0.625. The number of hydrogen-bond acceptors (Lipinski definition) is 6. The molecule has 2 fully saturated rings. The molecule has 2 aromatic rings. The Morgan fingerprint density at radius 1 is 1.36 bits per heavy atom. The number of thiophene rings is 1. The van der Waals surface area contributed by atoms with Crippen molar-refractivity contribution in [2.45, 2.75) is 19.9 Å². The smallest absolute Gasteiger partial charge is 0.227 e. The number of fused-ring (bicyclic) bond motifs is 1. The van der Waals surface area contributed by atoms with Gasteiger partial charge in [0.1, 0.15) is 0 Å². The number of aryl methyl sites for hydroxylation is 1. The maximum Gasteiger partial charge on any atom is 0.227 e. The van der Waals surface area contributed by atoms with Gasteiger partial charge in [-0.3, -0.25) is 4.90 Å². The third-order valence-corrected chi connectivity index (χ3v) is 5.56. The van der Waals surface area contributed by atoms with E-state index in [1.165, 1.54) is 5.56 Å². The van der Waals surface area contributed by atoms with Crippen LogP contribution >= 0.6 is 11.3 Å². The molecule has 5 nitrogen and oxygen atoms in total. The lowest BCUT2D eigenvalue weighted by molar-refractivity contribution is -0.0110. The molecule has 0 radical (unpaired) electrons. The highest BCUT2D eigenvalue weighted by molar-refractivity contribution is 7.07. The minimum atomic E-state index is 0.492. The Labute approximate surface area is 134 Å². The van der Waals surface area contributed by atoms with E-state index in [-0.39, 0.29) is 0 Å². The minimum absolute atomic E-state index is 0.492. The maximum absolute atomic E-state index is 5.84. The van der Waals surface area contributed by atoms with Crippen LogP contribution in [0.3, 0.4) is 0 Å². The van der Waals surface area contributed by atoms with Gasteiger partial charge in [0.05, 0.1) is 13.2 Å². The number of aromatic nitrogens is 2. The molecule has 3 atom stereocenters. The zero-order valence-electron chi connectivity index (χ0n) is 12.8. The molecular weight excluding hydrogens is 298 g/mol. The van der Waals surface area contributed by atoms with E-state index >= 15 is 0 Å². The van der Waals surface area contributed by atoms with Crippen LogP contribution in [-0.2, 0) is 17.7 Å². The van der Waals surface area contributed by atoms with E-state index < -0.39 is 0 Å². The van der Waals surface area contributed by atoms with Crippen LogP contribution in [0.5, 0.6) is 0 Å². The summed E-state index contributed by atoms with van der Waals surface area (Å²) in [6.07, 6.45) is 0.842. The van der Waals surface area contributed by atoms with Gasteiger partial charge >= 0.3 is 0 Å². The predicted octanol–water partition coefficient (Wildman–Crippen LogP) is 2.38. The number of nitrogens with zero attached hydrogens (tertiary/aromatic N) is 3. The van der Waals surface area contributed by atoms with Crippen molar-refractivity contribution < 1.29 is 9.26 Å². The number of likely N-dealkylation sites (tertiary alicyclic amines) is 1. The van der Waals surface area contributed by atoms with Gasteiger partial charge in [-0.2, -0.15) is 16.3 Å². The monoisotopic (exact) mass is 319 g/mol. The van der Waals surface area contributed by atoms with Gasteiger partial charge < -0.3 is 9.26 Å². The van der Waals surface area contributed by atoms with Crippen molar-refractivity contribution in [3.63, 3.8) is 0 Å². The summed E-state index contributed by atoms with van der Waals surface area (Å²) in [7, 11) is 0. The average molecular weight is 319 g/mol. The molecule has 4 rings (SSSR count). The summed E-state index contributed by atoms with van der Waals surface area (Å²) in [5.41, 5.74) is 1.42. The van der Waals surface area contributed by atoms with Gasteiger partial charge in [-0.15, -0.1) is 0 Å². The molecule has 6 heteroatoms. The Morgan fingerprint density at radius 2 is 2.32 bits per heavy atom. The molecule has 0 aromatic carbocycles. The van der Waals surface area contributed by atoms with Crippen molar-refractivity contribution >= 4 is 11.3 Å². The first-order valence-electron chi connectivity index (χ1n) is 7.88. The molecule has 22 heavy (non-hydrogen) atoms. The fourth-order valence-electron chi connectivity index (χ4n) is 3.82. The Balaban J connectivity index is 1.42. The second-order valence-corrected chi connectivity index (χ2v) is 7.27. The number of rotatable bonds is 4. The standard InChI is InChI=1S/C16H21N3O2S/c1-11-17-16(21-18-11)4-13-8-20-9-14-6-19(7-15(13)14)5-12-2-3-22-10-12/h2-3,10,13-15H,4-9H2,1H3/t13-,14-,15+/m1/s1. The molecule has 2 aromatic heterocycles. The van der Waals surface area contributed by atoms with Crippen LogP contribution in [0.1, 0.15) is 17.3 Å². The molecule has 0 N–H and O–H groups in total. The van der Waals surface area contributed by atoms with Crippen molar-refractivity contribution in [3.8, 4) is 0 Å². The lowest BCUT2D eigenvalue weighted by Crippen LogP contribution is -2.36. The molecule has 0 spiro atoms. The van der Waals surface area contributed by atoms with Gasteiger partial charge in [-0.1, -0.05) is 5.16 Å². The molecule has 0 amide bonds. The van der Waals surface area contributed by atoms with Gasteiger partial charge in [0.25, 0.3) is 0 Å². The zero-order chi connectivity index (χ0) is 14.9. The summed E-state index contributed by atoms with van der Waals surface area (Å²) < 4.78 is 11.1. The first-order valence-corrected chi connectivity index (χ1v) is 8.82. The van der Waals surface area contributed by atoms with E-state index in [0.29, 0.717) is 23.6 Å². The molecule has 0 saturated carbocycles. The Kier molecular flexibility index (Phi) is 3.98. The normalized spacial score (nSPS) is 28.9. The number of hydrogen-bond donors (Lipinski definition) is 0. The van der Waals surface area contributed by atoms with Crippen LogP contribution in [-0.4, -0.2) is 41.3 Å². The largest absolute Gasteiger partial charge is 0.381 e. The fourth-order valence-corrected chi connectivity index (χ4v) is 4.48. The van der Waals surface area contributed by atoms with Crippen LogP contribution < -0.4 is 0 Å². The highest BCUT2D eigenvalue weighted by Gasteiger charge is 2.41. The van der Waals surface area contributed by atoms with Crippen molar-refractivity contribution in [3.05, 3.63) is 34.1 Å². The third kappa shape index (κ3) is 2.95. The van der Waals surface area contributed by atoms with Crippen LogP contribution in [0.4, 0.5) is 0 Å². The SMILES string of the molecule is Cc1noc(C[C@@H]2COC[C@H]3CN(Cc4ccsc4)C[C@@H]23)n1. The van der Waals surface area contributed by atoms with Crippen LogP contribution in [0, 0.1) is 24.7 Å². The Bertz CT molecular complexity index is 613. The summed E-state index contributed by atoms with van der Waals surface area (Å²) in [4.78, 5) is 6.92. The number of ether oxygens (including phenoxy) is 1. The second kappa shape index (κ2) is 6.10. The molecule has 2 aliphatic heterocycles. The van der Waals surface area contributed by atoms with Crippen LogP contribution in [0.25, 0.3) is 0 Å². The van der Waals surface area contributed by atoms with Crippen LogP contribution in [0.15, 0.2) is 21.3 Å². The van der Waals surface area contributed by atoms with E-state index in [1.807, 2.05) is 6.92 Å². The second-order valence-electron chi connectivity index (χ2n) is 6.49. The van der Waals surface area contributed by atoms with E-state index in [0.717, 1.165) is 45.2 Å². The first-order chi connectivity index (χ1) is 10.8. The lowest BCUT2D eigenvalue weighted by atomic mass is 9.81. The van der Waals surface area contributed by atoms with E-state index in [1.54, 1.807) is 11.3 Å². The highest BCUT2D eigenvalue weighted by atomic mass is 32.1. The quantitative estimate of drug-likeness (QED) is 0.866. The molecule has 0 unspecified atom stereocenters. The van der Waals surface area contributed by atoms with Crippen molar-refractivity contribution in [1.29, 1.82) is 0 Å². The first kappa shape index (κ1) is 14.4. The minimum Gasteiger partial charge on any atom is -0.381 e. The van der Waals surface area contributed by atoms with Crippen molar-refractivity contribution in [2.24, 2.45) is 17.8 Å². The Morgan fingerprint density at radius 3 is 3.09 bits per heavy atom. The van der Waals surface area contributed by atoms with Gasteiger partial charge in [-0.25, -0.2) is 0 Å². The van der Waals surface area contributed by atoms with Gasteiger partial charge in [0, 0.05) is 26.1 Å². The van der Waals surface area contributed by atoms with Gasteiger partial charge in [0.2, 0.25) is 5.89 Å². The zero-order valence-corrected chi connectivity index (χ0v) is 13.6. The van der Waals surface area contributed by atoms with E-state index in [2.05, 4.69) is 31.9 Å². The van der Waals surface area contributed by atoms with E-state index in [9.17, 15) is 0 Å². The topological polar surface area (TPSA) is 51.4 Å². The molecular formula is C16H21N3O2S. The molecule has 2 saturated heterocycles. The highest BCUT2D eigenvalue weighted by Crippen LogP contribution is 2.36. The molecule has 0 aliphatic carbocycles. The third-order valence-electron chi connectivity index (χ3n) is 4.83. The lowest BCUT2D eigenvalue weighted by Gasteiger charge is -2.32. The van der Waals surface area contributed by atoms with Crippen molar-refractivity contribution in [1.82, 2.24) is 15.0 Å². The predicted molar refractivity (Wildman–Crippen MR) is 83.6 cm³/mol. The summed E-state index contributed by atoms with van der Waals surface area (Å²) in [6.45, 7) is 6.93. The molecule has 118 valence electrons. The van der Waals surface area contributed by atoms with Crippen molar-refractivity contribution in [2.75, 3.05) is 26.3 Å². The average Bonchev–Trinajstić information content (AvgIpc) is 3.21. The summed E-state index contributed by atoms with van der Waals surface area (Å²) in [5.74, 6) is 3.28. The van der Waals surface area contributed by atoms with Gasteiger partial charge in [0.15, 0.2) is 5.82 Å². The molecule has 2 aliphatic rings. The Hall–Kier alpha value is -1.24. The maximum atomic E-state index is 5.84. The summed E-state index contributed by atoms with van der Waals surface area (Å²) in [6, 6.07) is 2.22. The molecule has 0 bridgehead atoms.